The number of rotatable bonds is 2. The van der Waals surface area contributed by atoms with Gasteiger partial charge in [-0.3, -0.25) is 9.98 Å². The van der Waals surface area contributed by atoms with Gasteiger partial charge in [0.15, 0.2) is 0 Å². The van der Waals surface area contributed by atoms with Gasteiger partial charge in [-0.05, 0) is 12.1 Å². The van der Waals surface area contributed by atoms with E-state index in [1.165, 1.54) is 0 Å². The van der Waals surface area contributed by atoms with E-state index in [1.54, 1.807) is 13.2 Å². The fraction of sp³-hybridized carbons (Fsp3) is 0.250. The van der Waals surface area contributed by atoms with Crippen LogP contribution >= 0.6 is 0 Å². The highest BCUT2D eigenvalue weighted by molar-refractivity contribution is 5.82. The number of aliphatic imine (C=N–C) groups is 1. The minimum Gasteiger partial charge on any atom is -0.387 e. The molecule has 3 heteroatoms. The van der Waals surface area contributed by atoms with Gasteiger partial charge in [-0.25, -0.2) is 0 Å². The Labute approximate surface area is 66.0 Å². The van der Waals surface area contributed by atoms with Crippen LogP contribution in [0.1, 0.15) is 5.69 Å². The van der Waals surface area contributed by atoms with Crippen LogP contribution in [-0.2, 0) is 6.42 Å². The van der Waals surface area contributed by atoms with E-state index < -0.39 is 0 Å². The van der Waals surface area contributed by atoms with Crippen LogP contribution in [0.25, 0.3) is 0 Å². The molecule has 11 heavy (non-hydrogen) atoms. The molecule has 0 amide bonds. The van der Waals surface area contributed by atoms with E-state index in [4.69, 9.17) is 5.73 Å². The van der Waals surface area contributed by atoms with Gasteiger partial charge in [0, 0.05) is 25.4 Å². The summed E-state index contributed by atoms with van der Waals surface area (Å²) in [6.07, 6.45) is 2.38. The highest BCUT2D eigenvalue weighted by Crippen LogP contribution is 1.93. The Balaban J connectivity index is 2.65. The average molecular weight is 149 g/mol. The van der Waals surface area contributed by atoms with Crippen molar-refractivity contribution in [1.29, 1.82) is 0 Å². The second kappa shape index (κ2) is 3.71. The molecule has 0 atom stereocenters. The third-order valence-electron chi connectivity index (χ3n) is 1.38. The highest BCUT2D eigenvalue weighted by Gasteiger charge is 1.94. The van der Waals surface area contributed by atoms with Crippen molar-refractivity contribution in [2.75, 3.05) is 7.05 Å². The summed E-state index contributed by atoms with van der Waals surface area (Å²) in [7, 11) is 1.68. The number of nitrogens with zero attached hydrogens (tertiary/aromatic N) is 2. The normalized spacial score (nSPS) is 11.5. The number of pyridine rings is 1. The smallest absolute Gasteiger partial charge is 0.0993 e. The zero-order valence-corrected chi connectivity index (χ0v) is 6.49. The van der Waals surface area contributed by atoms with Crippen molar-refractivity contribution in [1.82, 2.24) is 4.98 Å². The molecular weight excluding hydrogens is 138 g/mol. The van der Waals surface area contributed by atoms with Gasteiger partial charge in [-0.2, -0.15) is 0 Å². The Hall–Kier alpha value is -1.38. The van der Waals surface area contributed by atoms with Crippen LogP contribution < -0.4 is 5.73 Å². The van der Waals surface area contributed by atoms with Gasteiger partial charge in [-0.15, -0.1) is 0 Å². The first-order chi connectivity index (χ1) is 5.33. The fourth-order valence-corrected chi connectivity index (χ4v) is 0.767. The highest BCUT2D eigenvalue weighted by atomic mass is 14.8. The van der Waals surface area contributed by atoms with Crippen LogP contribution in [0.4, 0.5) is 0 Å². The minimum absolute atomic E-state index is 0.615. The van der Waals surface area contributed by atoms with Crippen molar-refractivity contribution in [3.8, 4) is 0 Å². The third kappa shape index (κ3) is 2.37. The zero-order chi connectivity index (χ0) is 8.10. The number of nitrogens with two attached hydrogens (primary N) is 1. The van der Waals surface area contributed by atoms with Crippen LogP contribution in [0, 0.1) is 0 Å². The zero-order valence-electron chi connectivity index (χ0n) is 6.49. The Kier molecular flexibility index (Phi) is 2.60. The van der Waals surface area contributed by atoms with E-state index in [9.17, 15) is 0 Å². The van der Waals surface area contributed by atoms with Crippen LogP contribution in [0.2, 0.25) is 0 Å². The van der Waals surface area contributed by atoms with Crippen LogP contribution in [0.15, 0.2) is 29.4 Å². The monoisotopic (exact) mass is 149 g/mol. The summed E-state index contributed by atoms with van der Waals surface area (Å²) in [5, 5.41) is 0. The van der Waals surface area contributed by atoms with Gasteiger partial charge >= 0.3 is 0 Å². The van der Waals surface area contributed by atoms with Crippen LogP contribution in [-0.4, -0.2) is 17.9 Å². The molecule has 1 aromatic rings. The predicted octanol–water partition coefficient (Wildman–Crippen LogP) is 0.611. The number of hydrogen-bond donors (Lipinski definition) is 1. The molecule has 0 aliphatic carbocycles. The van der Waals surface area contributed by atoms with E-state index in [2.05, 4.69) is 9.98 Å². The topological polar surface area (TPSA) is 51.3 Å². The minimum atomic E-state index is 0.615. The average Bonchev–Trinajstić information content (AvgIpc) is 2.06. The molecule has 0 fully saturated rings. The van der Waals surface area contributed by atoms with Gasteiger partial charge in [0.05, 0.1) is 5.84 Å². The Morgan fingerprint density at radius 1 is 1.64 bits per heavy atom. The molecule has 1 heterocycles. The van der Waals surface area contributed by atoms with Gasteiger partial charge in [0.25, 0.3) is 0 Å². The summed E-state index contributed by atoms with van der Waals surface area (Å²) in [5.41, 5.74) is 6.47. The molecule has 0 aromatic carbocycles. The lowest BCUT2D eigenvalue weighted by atomic mass is 10.2. The van der Waals surface area contributed by atoms with Gasteiger partial charge in [0.1, 0.15) is 0 Å². The second-order valence-electron chi connectivity index (χ2n) is 2.21. The van der Waals surface area contributed by atoms with Crippen molar-refractivity contribution in [3.63, 3.8) is 0 Å². The van der Waals surface area contributed by atoms with E-state index >= 15 is 0 Å². The standard InChI is InChI=1S/C8H11N3/c1-10-8(9)6-7-4-2-3-5-11-7/h2-5H,6H2,1H3,(H2,9,10). The number of aromatic nitrogens is 1. The lowest BCUT2D eigenvalue weighted by molar-refractivity contribution is 1.12. The van der Waals surface area contributed by atoms with Gasteiger partial charge in [-0.1, -0.05) is 6.07 Å². The van der Waals surface area contributed by atoms with E-state index in [1.807, 2.05) is 18.2 Å². The molecule has 0 aliphatic rings. The Morgan fingerprint density at radius 3 is 3.00 bits per heavy atom. The van der Waals surface area contributed by atoms with Crippen LogP contribution in [0.5, 0.6) is 0 Å². The second-order valence-corrected chi connectivity index (χ2v) is 2.21. The van der Waals surface area contributed by atoms with E-state index in [-0.39, 0.29) is 0 Å². The predicted molar refractivity (Wildman–Crippen MR) is 45.5 cm³/mol. The first kappa shape index (κ1) is 7.72. The maximum absolute atomic E-state index is 5.51. The largest absolute Gasteiger partial charge is 0.387 e. The van der Waals surface area contributed by atoms with E-state index in [0.717, 1.165) is 5.69 Å². The molecule has 0 unspecified atom stereocenters. The maximum atomic E-state index is 5.51. The fourth-order valence-electron chi connectivity index (χ4n) is 0.767. The molecular formula is C8H11N3. The summed E-state index contributed by atoms with van der Waals surface area (Å²) in [4.78, 5) is 7.94. The number of amidine groups is 1. The molecule has 1 rings (SSSR count). The summed E-state index contributed by atoms with van der Waals surface area (Å²) in [6.45, 7) is 0. The van der Waals surface area contributed by atoms with Crippen molar-refractivity contribution >= 4 is 5.84 Å². The molecule has 0 spiro atoms. The first-order valence-electron chi connectivity index (χ1n) is 3.44. The molecule has 0 aliphatic heterocycles. The summed E-state index contributed by atoms with van der Waals surface area (Å²) in [5.74, 6) is 0.615. The first-order valence-corrected chi connectivity index (χ1v) is 3.44. The molecule has 1 aromatic heterocycles. The Bertz CT molecular complexity index is 241. The van der Waals surface area contributed by atoms with Crippen LogP contribution in [0.3, 0.4) is 0 Å². The lowest BCUT2D eigenvalue weighted by Crippen LogP contribution is -2.15. The quantitative estimate of drug-likeness (QED) is 0.494. The van der Waals surface area contributed by atoms with Crippen molar-refractivity contribution in [2.24, 2.45) is 10.7 Å². The summed E-state index contributed by atoms with van der Waals surface area (Å²) in [6, 6.07) is 5.74. The molecule has 0 bridgehead atoms. The van der Waals surface area contributed by atoms with Gasteiger partial charge < -0.3 is 5.73 Å². The third-order valence-corrected chi connectivity index (χ3v) is 1.38. The van der Waals surface area contributed by atoms with Gasteiger partial charge in [0.2, 0.25) is 0 Å². The van der Waals surface area contributed by atoms with Crippen molar-refractivity contribution in [3.05, 3.63) is 30.1 Å². The molecule has 0 saturated heterocycles. The summed E-state index contributed by atoms with van der Waals surface area (Å²) >= 11 is 0. The summed E-state index contributed by atoms with van der Waals surface area (Å²) < 4.78 is 0. The number of hydrogen-bond acceptors (Lipinski definition) is 2. The lowest BCUT2D eigenvalue weighted by Gasteiger charge is -1.97. The molecule has 58 valence electrons. The molecule has 0 radical (unpaired) electrons. The van der Waals surface area contributed by atoms with E-state index in [0.29, 0.717) is 12.3 Å². The van der Waals surface area contributed by atoms with Crippen molar-refractivity contribution < 1.29 is 0 Å². The molecule has 2 N–H and O–H groups in total. The molecule has 0 saturated carbocycles. The molecule has 3 nitrogen and oxygen atoms in total. The van der Waals surface area contributed by atoms with Crippen molar-refractivity contribution in [2.45, 2.75) is 6.42 Å². The Morgan fingerprint density at radius 2 is 2.45 bits per heavy atom. The maximum Gasteiger partial charge on any atom is 0.0993 e. The SMILES string of the molecule is CN=C(N)Cc1ccccn1.